The van der Waals surface area contributed by atoms with E-state index < -0.39 is 5.97 Å². The van der Waals surface area contributed by atoms with Crippen LogP contribution in [0, 0.1) is 11.3 Å². The van der Waals surface area contributed by atoms with Gasteiger partial charge in [0, 0.05) is 11.8 Å². The Morgan fingerprint density at radius 3 is 2.48 bits per heavy atom. The summed E-state index contributed by atoms with van der Waals surface area (Å²) in [6.45, 7) is -0.0806. The minimum atomic E-state index is -0.441. The summed E-state index contributed by atoms with van der Waals surface area (Å²) in [5, 5.41) is 11.3. The van der Waals surface area contributed by atoms with Crippen molar-refractivity contribution in [3.8, 4) is 17.6 Å². The van der Waals surface area contributed by atoms with Crippen molar-refractivity contribution in [3.05, 3.63) is 59.7 Å². The van der Waals surface area contributed by atoms with Gasteiger partial charge in [-0.25, -0.2) is 4.79 Å². The molecule has 7 heteroatoms. The number of esters is 1. The first kappa shape index (κ1) is 19.5. The quantitative estimate of drug-likeness (QED) is 0.597. The third-order valence-corrected chi connectivity index (χ3v) is 3.48. The lowest BCUT2D eigenvalue weighted by Gasteiger charge is -2.08. The van der Waals surface area contributed by atoms with E-state index in [1.165, 1.54) is 20.3 Å². The molecule has 2 aromatic rings. The summed E-state index contributed by atoms with van der Waals surface area (Å²) >= 11 is 0. The number of hydrogen-bond acceptors (Lipinski definition) is 6. The lowest BCUT2D eigenvalue weighted by molar-refractivity contribution is -0.111. The Hall–Kier alpha value is -3.79. The van der Waals surface area contributed by atoms with Crippen LogP contribution < -0.4 is 14.8 Å². The molecule has 0 heterocycles. The molecule has 0 saturated carbocycles. The van der Waals surface area contributed by atoms with E-state index in [1.807, 2.05) is 6.07 Å². The van der Waals surface area contributed by atoms with Crippen LogP contribution in [0.5, 0.6) is 11.5 Å². The molecule has 0 fully saturated rings. The van der Waals surface area contributed by atoms with Gasteiger partial charge in [-0.05, 0) is 48.0 Å². The highest BCUT2D eigenvalue weighted by atomic mass is 16.5. The summed E-state index contributed by atoms with van der Waals surface area (Å²) in [6.07, 6.45) is 2.99. The fourth-order valence-electron chi connectivity index (χ4n) is 2.18. The number of rotatable bonds is 7. The van der Waals surface area contributed by atoms with E-state index in [4.69, 9.17) is 14.7 Å². The topological polar surface area (TPSA) is 97.6 Å². The predicted molar refractivity (Wildman–Crippen MR) is 99.5 cm³/mol. The van der Waals surface area contributed by atoms with Crippen LogP contribution in [-0.2, 0) is 9.53 Å². The minimum Gasteiger partial charge on any atom is -0.493 e. The first-order valence-corrected chi connectivity index (χ1v) is 7.92. The number of amides is 1. The first-order valence-electron chi connectivity index (χ1n) is 7.92. The van der Waals surface area contributed by atoms with Gasteiger partial charge in [0.05, 0.1) is 19.8 Å². The van der Waals surface area contributed by atoms with Crippen molar-refractivity contribution in [1.82, 2.24) is 0 Å². The number of carbonyl (C=O) groups excluding carboxylic acids is 2. The monoisotopic (exact) mass is 366 g/mol. The van der Waals surface area contributed by atoms with E-state index in [-0.39, 0.29) is 12.5 Å². The lowest BCUT2D eigenvalue weighted by Crippen LogP contribution is -2.08. The van der Waals surface area contributed by atoms with E-state index in [1.54, 1.807) is 48.5 Å². The zero-order valence-electron chi connectivity index (χ0n) is 14.9. The van der Waals surface area contributed by atoms with Crippen molar-refractivity contribution in [2.75, 3.05) is 26.1 Å². The summed E-state index contributed by atoms with van der Waals surface area (Å²) in [6, 6.07) is 13.3. The highest BCUT2D eigenvalue weighted by Crippen LogP contribution is 2.28. The van der Waals surface area contributed by atoms with Crippen LogP contribution in [0.1, 0.15) is 15.9 Å². The first-order chi connectivity index (χ1) is 13.1. The third kappa shape index (κ3) is 5.61. The number of nitrogens with zero attached hydrogens (tertiary/aromatic N) is 1. The number of nitrogens with one attached hydrogen (secondary N) is 1. The van der Waals surface area contributed by atoms with Gasteiger partial charge in [0.2, 0.25) is 5.91 Å². The van der Waals surface area contributed by atoms with E-state index in [9.17, 15) is 9.59 Å². The zero-order valence-corrected chi connectivity index (χ0v) is 14.9. The van der Waals surface area contributed by atoms with Crippen molar-refractivity contribution in [3.63, 3.8) is 0 Å². The zero-order chi connectivity index (χ0) is 19.6. The molecular formula is C20H18N2O5. The van der Waals surface area contributed by atoms with Crippen LogP contribution in [0.3, 0.4) is 0 Å². The Balaban J connectivity index is 2.01. The van der Waals surface area contributed by atoms with Gasteiger partial charge >= 0.3 is 5.97 Å². The average molecular weight is 366 g/mol. The molecule has 0 atom stereocenters. The molecule has 138 valence electrons. The van der Waals surface area contributed by atoms with Crippen molar-refractivity contribution in [1.29, 1.82) is 5.26 Å². The maximum atomic E-state index is 12.0. The molecule has 0 bridgehead atoms. The second kappa shape index (κ2) is 9.63. The van der Waals surface area contributed by atoms with Gasteiger partial charge in [0.25, 0.3) is 0 Å². The number of hydrogen-bond donors (Lipinski definition) is 1. The molecule has 7 nitrogen and oxygen atoms in total. The Morgan fingerprint density at radius 1 is 1.11 bits per heavy atom. The van der Waals surface area contributed by atoms with Gasteiger partial charge in [-0.15, -0.1) is 0 Å². The van der Waals surface area contributed by atoms with Gasteiger partial charge in [0.1, 0.15) is 6.07 Å². The molecule has 0 aliphatic rings. The third-order valence-electron chi connectivity index (χ3n) is 3.48. The fraction of sp³-hybridized carbons (Fsp3) is 0.150. The maximum absolute atomic E-state index is 12.0. The lowest BCUT2D eigenvalue weighted by atomic mass is 10.2. The molecule has 2 aromatic carbocycles. The number of benzene rings is 2. The second-order valence-electron chi connectivity index (χ2n) is 5.25. The highest BCUT2D eigenvalue weighted by molar-refractivity contribution is 6.02. The van der Waals surface area contributed by atoms with Crippen LogP contribution in [0.15, 0.2) is 48.5 Å². The number of ether oxygens (including phenoxy) is 3. The predicted octanol–water partition coefficient (Wildman–Crippen LogP) is 3.04. The summed E-state index contributed by atoms with van der Waals surface area (Å²) in [7, 11) is 2.80. The van der Waals surface area contributed by atoms with Crippen LogP contribution in [0.4, 0.5) is 5.69 Å². The second-order valence-corrected chi connectivity index (χ2v) is 5.25. The number of methoxy groups -OCH3 is 2. The molecule has 2 rings (SSSR count). The van der Waals surface area contributed by atoms with Crippen LogP contribution in [-0.4, -0.2) is 32.7 Å². The van der Waals surface area contributed by atoms with Gasteiger partial charge < -0.3 is 19.5 Å². The molecule has 0 radical (unpaired) electrons. The Kier molecular flexibility index (Phi) is 6.97. The van der Waals surface area contributed by atoms with Gasteiger partial charge in [-0.1, -0.05) is 6.07 Å². The molecule has 1 N–H and O–H groups in total. The molecular weight excluding hydrogens is 348 g/mol. The molecule has 0 saturated heterocycles. The van der Waals surface area contributed by atoms with Gasteiger partial charge in [-0.2, -0.15) is 5.26 Å². The van der Waals surface area contributed by atoms with Gasteiger partial charge in [0.15, 0.2) is 18.1 Å². The number of nitriles is 1. The summed E-state index contributed by atoms with van der Waals surface area (Å²) in [4.78, 5) is 23.4. The molecule has 0 aliphatic heterocycles. The normalized spacial score (nSPS) is 10.1. The SMILES string of the molecule is COC(=O)c1ccc(NC(=O)/C=C/c2ccc(OCC#N)c(OC)c2)cc1. The van der Waals surface area contributed by atoms with E-state index in [0.717, 1.165) is 5.56 Å². The Morgan fingerprint density at radius 2 is 1.85 bits per heavy atom. The number of carbonyl (C=O) groups is 2. The minimum absolute atomic E-state index is 0.0806. The molecule has 0 aliphatic carbocycles. The molecule has 1 amide bonds. The Labute approximate surface area is 156 Å². The Bertz CT molecular complexity index is 882. The standard InChI is InChI=1S/C20H18N2O5/c1-25-18-13-14(3-9-17(18)27-12-11-21)4-10-19(23)22-16-7-5-15(6-8-16)20(24)26-2/h3-10,13H,12H2,1-2H3,(H,22,23)/b10-4+. The molecule has 0 spiro atoms. The van der Waals surface area contributed by atoms with Crippen LogP contribution >= 0.6 is 0 Å². The maximum Gasteiger partial charge on any atom is 0.337 e. The van der Waals surface area contributed by atoms with E-state index in [2.05, 4.69) is 10.1 Å². The van der Waals surface area contributed by atoms with Gasteiger partial charge in [-0.3, -0.25) is 4.79 Å². The fourth-order valence-corrected chi connectivity index (χ4v) is 2.18. The number of anilines is 1. The summed E-state index contributed by atoms with van der Waals surface area (Å²) in [5.74, 6) is 0.145. The van der Waals surface area contributed by atoms with E-state index >= 15 is 0 Å². The largest absolute Gasteiger partial charge is 0.493 e. The molecule has 0 aromatic heterocycles. The smallest absolute Gasteiger partial charge is 0.337 e. The van der Waals surface area contributed by atoms with Crippen molar-refractivity contribution < 1.29 is 23.8 Å². The average Bonchev–Trinajstić information content (AvgIpc) is 2.70. The summed E-state index contributed by atoms with van der Waals surface area (Å²) in [5.41, 5.74) is 1.68. The van der Waals surface area contributed by atoms with Crippen LogP contribution in [0.25, 0.3) is 6.08 Å². The van der Waals surface area contributed by atoms with Crippen molar-refractivity contribution in [2.24, 2.45) is 0 Å². The van der Waals surface area contributed by atoms with E-state index in [0.29, 0.717) is 22.7 Å². The summed E-state index contributed by atoms with van der Waals surface area (Å²) < 4.78 is 15.1. The van der Waals surface area contributed by atoms with Crippen molar-refractivity contribution in [2.45, 2.75) is 0 Å². The van der Waals surface area contributed by atoms with Crippen LogP contribution in [0.2, 0.25) is 0 Å². The highest BCUT2D eigenvalue weighted by Gasteiger charge is 2.06. The van der Waals surface area contributed by atoms with Crippen molar-refractivity contribution >= 4 is 23.6 Å². The molecule has 0 unspecified atom stereocenters. The molecule has 27 heavy (non-hydrogen) atoms.